The Morgan fingerprint density at radius 2 is 2.08 bits per heavy atom. The van der Waals surface area contributed by atoms with Crippen molar-refractivity contribution in [2.75, 3.05) is 0 Å². The van der Waals surface area contributed by atoms with Gasteiger partial charge >= 0.3 is 0 Å². The third kappa shape index (κ3) is 3.24. The van der Waals surface area contributed by atoms with Crippen LogP contribution in [0.5, 0.6) is 0 Å². The van der Waals surface area contributed by atoms with Crippen molar-refractivity contribution in [3.8, 4) is 0 Å². The van der Waals surface area contributed by atoms with Crippen LogP contribution in [-0.4, -0.2) is 6.29 Å². The summed E-state index contributed by atoms with van der Waals surface area (Å²) >= 11 is 0. The summed E-state index contributed by atoms with van der Waals surface area (Å²) in [6.45, 7) is 2.15. The largest absolute Gasteiger partial charge is 0.298 e. The predicted molar refractivity (Wildman–Crippen MR) is 55.8 cm³/mol. The molecule has 0 aromatic heterocycles. The lowest BCUT2D eigenvalue weighted by atomic mass is 10.1. The summed E-state index contributed by atoms with van der Waals surface area (Å²) < 4.78 is 0. The van der Waals surface area contributed by atoms with Crippen LogP contribution in [0.3, 0.4) is 0 Å². The Hall–Kier alpha value is -1.37. The third-order valence-corrected chi connectivity index (χ3v) is 1.81. The number of carbonyl (C=O) groups excluding carboxylic acids is 1. The van der Waals surface area contributed by atoms with Gasteiger partial charge in [0, 0.05) is 5.56 Å². The molecule has 68 valence electrons. The highest BCUT2D eigenvalue weighted by Gasteiger charge is 1.89. The molecular weight excluding hydrogens is 160 g/mol. The first-order chi connectivity index (χ1) is 6.36. The average Bonchev–Trinajstić information content (AvgIpc) is 2.19. The Labute approximate surface area is 79.1 Å². The van der Waals surface area contributed by atoms with E-state index in [0.717, 1.165) is 30.3 Å². The number of benzene rings is 1. The topological polar surface area (TPSA) is 17.1 Å². The Balaban J connectivity index is 2.71. The van der Waals surface area contributed by atoms with Crippen LogP contribution in [-0.2, 0) is 0 Å². The highest BCUT2D eigenvalue weighted by Crippen LogP contribution is 2.06. The monoisotopic (exact) mass is 174 g/mol. The molecule has 0 bridgehead atoms. The van der Waals surface area contributed by atoms with Crippen LogP contribution in [0.15, 0.2) is 30.3 Å². The van der Waals surface area contributed by atoms with Crippen molar-refractivity contribution in [3.05, 3.63) is 41.5 Å². The molecule has 0 aliphatic rings. The zero-order valence-corrected chi connectivity index (χ0v) is 7.86. The van der Waals surface area contributed by atoms with Crippen molar-refractivity contribution in [2.45, 2.75) is 19.8 Å². The van der Waals surface area contributed by atoms with Gasteiger partial charge in [-0.05, 0) is 18.1 Å². The number of hydrogen-bond donors (Lipinski definition) is 0. The first-order valence-electron chi connectivity index (χ1n) is 4.58. The predicted octanol–water partition coefficient (Wildman–Crippen LogP) is 3.31. The Morgan fingerprint density at radius 1 is 1.31 bits per heavy atom. The second kappa shape index (κ2) is 5.31. The van der Waals surface area contributed by atoms with Gasteiger partial charge < -0.3 is 0 Å². The highest BCUT2D eigenvalue weighted by molar-refractivity contribution is 5.76. The van der Waals surface area contributed by atoms with E-state index in [9.17, 15) is 4.79 Å². The molecule has 0 saturated carbocycles. The summed E-state index contributed by atoms with van der Waals surface area (Å²) in [5.74, 6) is 0. The highest BCUT2D eigenvalue weighted by atomic mass is 16.1. The maximum absolute atomic E-state index is 10.5. The molecule has 0 unspecified atom stereocenters. The molecule has 0 spiro atoms. The van der Waals surface area contributed by atoms with Gasteiger partial charge in [0.15, 0.2) is 0 Å². The standard InChI is InChI=1S/C12H14O/c1-2-3-4-6-11-7-5-8-12(9-11)10-13/h4-10H,2-3H2,1H3/b6-4-. The molecule has 0 aliphatic carbocycles. The zero-order valence-electron chi connectivity index (χ0n) is 7.86. The van der Waals surface area contributed by atoms with E-state index >= 15 is 0 Å². The van der Waals surface area contributed by atoms with Crippen molar-refractivity contribution >= 4 is 12.4 Å². The summed E-state index contributed by atoms with van der Waals surface area (Å²) in [6, 6.07) is 7.60. The van der Waals surface area contributed by atoms with E-state index < -0.39 is 0 Å². The molecule has 0 N–H and O–H groups in total. The lowest BCUT2D eigenvalue weighted by Gasteiger charge is -1.93. The summed E-state index contributed by atoms with van der Waals surface area (Å²) in [5.41, 5.74) is 1.83. The van der Waals surface area contributed by atoms with E-state index in [2.05, 4.69) is 19.1 Å². The number of allylic oxidation sites excluding steroid dienone is 1. The van der Waals surface area contributed by atoms with Gasteiger partial charge in [0.2, 0.25) is 0 Å². The molecule has 1 aromatic carbocycles. The van der Waals surface area contributed by atoms with E-state index in [1.54, 1.807) is 0 Å². The van der Waals surface area contributed by atoms with Crippen LogP contribution < -0.4 is 0 Å². The summed E-state index contributed by atoms with van der Waals surface area (Å²) in [6.07, 6.45) is 7.30. The molecule has 0 atom stereocenters. The minimum absolute atomic E-state index is 0.735. The summed E-state index contributed by atoms with van der Waals surface area (Å²) in [5, 5.41) is 0. The third-order valence-electron chi connectivity index (χ3n) is 1.81. The van der Waals surface area contributed by atoms with E-state index in [0.29, 0.717) is 0 Å². The van der Waals surface area contributed by atoms with Gasteiger partial charge in [0.05, 0.1) is 0 Å². The normalized spacial score (nSPS) is 10.5. The van der Waals surface area contributed by atoms with Crippen LogP contribution in [0.2, 0.25) is 0 Å². The fourth-order valence-corrected chi connectivity index (χ4v) is 1.12. The molecule has 0 heterocycles. The molecule has 13 heavy (non-hydrogen) atoms. The molecule has 1 aromatic rings. The van der Waals surface area contributed by atoms with E-state index in [4.69, 9.17) is 0 Å². The number of aldehydes is 1. The Morgan fingerprint density at radius 3 is 2.77 bits per heavy atom. The van der Waals surface area contributed by atoms with E-state index in [-0.39, 0.29) is 0 Å². The zero-order chi connectivity index (χ0) is 9.52. The first kappa shape index (κ1) is 9.72. The van der Waals surface area contributed by atoms with Crippen LogP contribution in [0, 0.1) is 0 Å². The van der Waals surface area contributed by atoms with Crippen molar-refractivity contribution < 1.29 is 4.79 Å². The van der Waals surface area contributed by atoms with E-state index in [1.165, 1.54) is 0 Å². The Kier molecular flexibility index (Phi) is 3.97. The molecule has 0 fully saturated rings. The lowest BCUT2D eigenvalue weighted by molar-refractivity contribution is 0.112. The van der Waals surface area contributed by atoms with Gasteiger partial charge in [-0.25, -0.2) is 0 Å². The second-order valence-corrected chi connectivity index (χ2v) is 2.98. The number of carbonyl (C=O) groups is 1. The van der Waals surface area contributed by atoms with Crippen molar-refractivity contribution in [3.63, 3.8) is 0 Å². The average molecular weight is 174 g/mol. The van der Waals surface area contributed by atoms with Crippen LogP contribution in [0.25, 0.3) is 6.08 Å². The van der Waals surface area contributed by atoms with Gasteiger partial charge in [0.25, 0.3) is 0 Å². The fourth-order valence-electron chi connectivity index (χ4n) is 1.12. The summed E-state index contributed by atoms with van der Waals surface area (Å²) in [7, 11) is 0. The van der Waals surface area contributed by atoms with Crippen LogP contribution in [0.4, 0.5) is 0 Å². The second-order valence-electron chi connectivity index (χ2n) is 2.98. The smallest absolute Gasteiger partial charge is 0.150 e. The van der Waals surface area contributed by atoms with Gasteiger partial charge in [-0.3, -0.25) is 4.79 Å². The van der Waals surface area contributed by atoms with Crippen molar-refractivity contribution in [2.24, 2.45) is 0 Å². The van der Waals surface area contributed by atoms with E-state index in [1.807, 2.05) is 24.3 Å². The molecular formula is C12H14O. The minimum atomic E-state index is 0.735. The number of hydrogen-bond acceptors (Lipinski definition) is 1. The van der Waals surface area contributed by atoms with Crippen LogP contribution in [0.1, 0.15) is 35.7 Å². The first-order valence-corrected chi connectivity index (χ1v) is 4.58. The lowest BCUT2D eigenvalue weighted by Crippen LogP contribution is -1.79. The van der Waals surface area contributed by atoms with Gasteiger partial charge in [-0.1, -0.05) is 43.7 Å². The molecule has 0 radical (unpaired) electrons. The molecule has 1 nitrogen and oxygen atoms in total. The minimum Gasteiger partial charge on any atom is -0.298 e. The molecule has 0 aliphatic heterocycles. The SMILES string of the molecule is CCC/C=C\c1cccc(C=O)c1. The van der Waals surface area contributed by atoms with Crippen LogP contribution >= 0.6 is 0 Å². The van der Waals surface area contributed by atoms with Crippen molar-refractivity contribution in [1.29, 1.82) is 0 Å². The van der Waals surface area contributed by atoms with Crippen molar-refractivity contribution in [1.82, 2.24) is 0 Å². The summed E-state index contributed by atoms with van der Waals surface area (Å²) in [4.78, 5) is 10.5. The maximum Gasteiger partial charge on any atom is 0.150 e. The number of rotatable bonds is 4. The van der Waals surface area contributed by atoms with Gasteiger partial charge in [-0.2, -0.15) is 0 Å². The quantitative estimate of drug-likeness (QED) is 0.640. The van der Waals surface area contributed by atoms with Gasteiger partial charge in [-0.15, -0.1) is 0 Å². The number of unbranched alkanes of at least 4 members (excludes halogenated alkanes) is 1. The molecule has 1 heteroatoms. The Bertz CT molecular complexity index is 300. The molecule has 0 saturated heterocycles. The fraction of sp³-hybridized carbons (Fsp3) is 0.250. The molecule has 1 rings (SSSR count). The molecule has 0 amide bonds. The van der Waals surface area contributed by atoms with Gasteiger partial charge in [0.1, 0.15) is 6.29 Å². The maximum atomic E-state index is 10.5.